The summed E-state index contributed by atoms with van der Waals surface area (Å²) >= 11 is 0. The predicted molar refractivity (Wildman–Crippen MR) is 59.4 cm³/mol. The van der Waals surface area contributed by atoms with Gasteiger partial charge in [-0.2, -0.15) is 13.2 Å². The molecule has 1 aromatic heterocycles. The van der Waals surface area contributed by atoms with E-state index in [9.17, 15) is 18.0 Å². The van der Waals surface area contributed by atoms with Crippen LogP contribution in [0.15, 0.2) is 4.79 Å². The highest BCUT2D eigenvalue weighted by Gasteiger charge is 2.36. The summed E-state index contributed by atoms with van der Waals surface area (Å²) in [5, 5.41) is 3.08. The lowest BCUT2D eigenvalue weighted by atomic mass is 9.98. The largest absolute Gasteiger partial charge is 0.433 e. The van der Waals surface area contributed by atoms with Crippen LogP contribution in [0.25, 0.3) is 0 Å². The number of H-pyrrole nitrogens is 1. The predicted octanol–water partition coefficient (Wildman–Crippen LogP) is 1.56. The number of nitrogens with one attached hydrogen (secondary N) is 2. The molecule has 0 spiro atoms. The van der Waals surface area contributed by atoms with Crippen LogP contribution in [0.5, 0.6) is 0 Å². The maximum Gasteiger partial charge on any atom is 0.433 e. The van der Waals surface area contributed by atoms with Crippen LogP contribution in [-0.4, -0.2) is 23.1 Å². The van der Waals surface area contributed by atoms with E-state index in [1.165, 1.54) is 0 Å². The monoisotopic (exact) mass is 261 g/mol. The van der Waals surface area contributed by atoms with Crippen molar-refractivity contribution in [2.45, 2.75) is 31.9 Å². The van der Waals surface area contributed by atoms with Crippen molar-refractivity contribution in [1.29, 1.82) is 0 Å². The zero-order valence-corrected chi connectivity index (χ0v) is 9.90. The van der Waals surface area contributed by atoms with Gasteiger partial charge in [0.25, 0.3) is 5.56 Å². The maximum absolute atomic E-state index is 12.7. The highest BCUT2D eigenvalue weighted by molar-refractivity contribution is 5.20. The highest BCUT2D eigenvalue weighted by Crippen LogP contribution is 2.30. The molecule has 2 N–H and O–H groups in total. The Hall–Kier alpha value is -1.37. The van der Waals surface area contributed by atoms with Crippen molar-refractivity contribution in [3.63, 3.8) is 0 Å². The molecule has 7 heteroatoms. The van der Waals surface area contributed by atoms with Gasteiger partial charge < -0.3 is 10.3 Å². The van der Waals surface area contributed by atoms with Crippen LogP contribution in [0, 0.1) is 6.92 Å². The van der Waals surface area contributed by atoms with Gasteiger partial charge in [0.1, 0.15) is 5.82 Å². The van der Waals surface area contributed by atoms with Crippen molar-refractivity contribution < 1.29 is 13.2 Å². The summed E-state index contributed by atoms with van der Waals surface area (Å²) in [5.74, 6) is -0.0294. The molecule has 0 aliphatic carbocycles. The molecule has 18 heavy (non-hydrogen) atoms. The van der Waals surface area contributed by atoms with Gasteiger partial charge in [-0.15, -0.1) is 0 Å². The molecule has 2 heterocycles. The van der Waals surface area contributed by atoms with Gasteiger partial charge in [-0.3, -0.25) is 4.79 Å². The smallest absolute Gasteiger partial charge is 0.316 e. The second-order valence-electron chi connectivity index (χ2n) is 4.47. The Morgan fingerprint density at radius 1 is 1.39 bits per heavy atom. The minimum atomic E-state index is -4.59. The fraction of sp³-hybridized carbons (Fsp3) is 0.636. The van der Waals surface area contributed by atoms with Crippen molar-refractivity contribution in [2.24, 2.45) is 0 Å². The number of aromatic nitrogens is 2. The topological polar surface area (TPSA) is 57.8 Å². The third-order valence-corrected chi connectivity index (χ3v) is 3.12. The molecule has 100 valence electrons. The molecule has 0 amide bonds. The summed E-state index contributed by atoms with van der Waals surface area (Å²) in [6, 6.07) is 0. The fourth-order valence-electron chi connectivity index (χ4n) is 2.10. The molecule has 1 aromatic rings. The second kappa shape index (κ2) is 4.72. The van der Waals surface area contributed by atoms with Crippen LogP contribution in [0.4, 0.5) is 13.2 Å². The average Bonchev–Trinajstić information content (AvgIpc) is 2.32. The van der Waals surface area contributed by atoms with Crippen molar-refractivity contribution in [2.75, 3.05) is 13.1 Å². The van der Waals surface area contributed by atoms with Crippen LogP contribution < -0.4 is 10.9 Å². The fourth-order valence-corrected chi connectivity index (χ4v) is 2.10. The highest BCUT2D eigenvalue weighted by atomic mass is 19.4. The zero-order valence-electron chi connectivity index (χ0n) is 9.90. The molecule has 1 aliphatic heterocycles. The molecule has 0 radical (unpaired) electrons. The van der Waals surface area contributed by atoms with Gasteiger partial charge in [-0.05, 0) is 26.3 Å². The van der Waals surface area contributed by atoms with E-state index in [4.69, 9.17) is 0 Å². The molecule has 0 bridgehead atoms. The molecule has 0 saturated carbocycles. The van der Waals surface area contributed by atoms with E-state index in [0.717, 1.165) is 26.3 Å². The van der Waals surface area contributed by atoms with Crippen LogP contribution in [-0.2, 0) is 6.18 Å². The van der Waals surface area contributed by atoms with Crippen molar-refractivity contribution in [3.8, 4) is 0 Å². The van der Waals surface area contributed by atoms with Gasteiger partial charge in [0.15, 0.2) is 5.69 Å². The number of rotatable bonds is 1. The third-order valence-electron chi connectivity index (χ3n) is 3.12. The van der Waals surface area contributed by atoms with E-state index >= 15 is 0 Å². The lowest BCUT2D eigenvalue weighted by Gasteiger charge is -2.22. The van der Waals surface area contributed by atoms with E-state index < -0.39 is 17.4 Å². The zero-order chi connectivity index (χ0) is 13.3. The molecule has 2 rings (SSSR count). The summed E-state index contributed by atoms with van der Waals surface area (Å²) in [6.07, 6.45) is -2.99. The Kier molecular flexibility index (Phi) is 3.43. The standard InChI is InChI=1S/C11H14F3N3O/c1-6-8(11(12,13)14)16-9(17-10(6)18)7-3-2-4-15-5-7/h7,15H,2-5H2,1H3,(H,16,17,18). The lowest BCUT2D eigenvalue weighted by molar-refractivity contribution is -0.142. The Balaban J connectivity index is 2.44. The number of piperidine rings is 1. The lowest BCUT2D eigenvalue weighted by Crippen LogP contribution is -2.32. The van der Waals surface area contributed by atoms with Crippen LogP contribution >= 0.6 is 0 Å². The number of alkyl halides is 3. The van der Waals surface area contributed by atoms with Gasteiger partial charge in [-0.25, -0.2) is 4.98 Å². The van der Waals surface area contributed by atoms with Crippen molar-refractivity contribution in [3.05, 3.63) is 27.4 Å². The minimum absolute atomic E-state index is 0.130. The molecule has 1 fully saturated rings. The molecule has 1 atom stereocenters. The Morgan fingerprint density at radius 2 is 2.11 bits per heavy atom. The van der Waals surface area contributed by atoms with Gasteiger partial charge in [-0.1, -0.05) is 0 Å². The average molecular weight is 261 g/mol. The summed E-state index contributed by atoms with van der Waals surface area (Å²) < 4.78 is 38.2. The van der Waals surface area contributed by atoms with E-state index in [2.05, 4.69) is 15.3 Å². The summed E-state index contributed by atoms with van der Waals surface area (Å²) in [6.45, 7) is 2.53. The number of hydrogen-bond donors (Lipinski definition) is 2. The SMILES string of the molecule is Cc1c(C(F)(F)F)nc(C2CCCNC2)[nH]c1=O. The quantitative estimate of drug-likeness (QED) is 0.806. The first kappa shape index (κ1) is 13.1. The Morgan fingerprint density at radius 3 is 2.67 bits per heavy atom. The number of hydrogen-bond acceptors (Lipinski definition) is 3. The number of nitrogens with zero attached hydrogens (tertiary/aromatic N) is 1. The normalized spacial score (nSPS) is 21.0. The first-order valence-corrected chi connectivity index (χ1v) is 5.78. The maximum atomic E-state index is 12.7. The first-order valence-electron chi connectivity index (χ1n) is 5.78. The molecule has 1 saturated heterocycles. The first-order chi connectivity index (χ1) is 8.39. The summed E-state index contributed by atoms with van der Waals surface area (Å²) in [4.78, 5) is 17.6. The van der Waals surface area contributed by atoms with E-state index in [1.54, 1.807) is 0 Å². The Labute approximate surface area is 102 Å². The molecule has 1 aliphatic rings. The van der Waals surface area contributed by atoms with Crippen LogP contribution in [0.2, 0.25) is 0 Å². The van der Waals surface area contributed by atoms with Crippen LogP contribution in [0.3, 0.4) is 0 Å². The van der Waals surface area contributed by atoms with Crippen LogP contribution in [0.1, 0.15) is 35.8 Å². The number of halogens is 3. The van der Waals surface area contributed by atoms with Gasteiger partial charge in [0.05, 0.1) is 0 Å². The van der Waals surface area contributed by atoms with Gasteiger partial charge >= 0.3 is 6.18 Å². The molecular formula is C11H14F3N3O. The summed E-state index contributed by atoms with van der Waals surface area (Å²) in [5.41, 5.74) is -2.17. The van der Waals surface area contributed by atoms with Gasteiger partial charge in [0.2, 0.25) is 0 Å². The van der Waals surface area contributed by atoms with Gasteiger partial charge in [0, 0.05) is 18.0 Å². The van der Waals surface area contributed by atoms with E-state index in [0.29, 0.717) is 6.54 Å². The minimum Gasteiger partial charge on any atom is -0.316 e. The second-order valence-corrected chi connectivity index (χ2v) is 4.47. The third kappa shape index (κ3) is 2.55. The van der Waals surface area contributed by atoms with E-state index in [-0.39, 0.29) is 17.3 Å². The Bertz CT molecular complexity index is 489. The molecule has 1 unspecified atom stereocenters. The van der Waals surface area contributed by atoms with Crippen molar-refractivity contribution >= 4 is 0 Å². The summed E-state index contributed by atoms with van der Waals surface area (Å²) in [7, 11) is 0. The number of aromatic amines is 1. The molecule has 0 aromatic carbocycles. The van der Waals surface area contributed by atoms with Crippen molar-refractivity contribution in [1.82, 2.24) is 15.3 Å². The molecular weight excluding hydrogens is 247 g/mol. The molecule has 4 nitrogen and oxygen atoms in total. The van der Waals surface area contributed by atoms with E-state index in [1.807, 2.05) is 0 Å².